The van der Waals surface area contributed by atoms with Crippen molar-refractivity contribution in [2.45, 2.75) is 39.0 Å². The summed E-state index contributed by atoms with van der Waals surface area (Å²) in [6.45, 7) is 9.80. The van der Waals surface area contributed by atoms with E-state index < -0.39 is 17.3 Å². The molecule has 0 bridgehead atoms. The normalized spacial score (nSPS) is 15.9. The molecular formula is C38H35Cl2FN6O2S2. The summed E-state index contributed by atoms with van der Waals surface area (Å²) in [4.78, 5) is 27.3. The number of hydrogen-bond donors (Lipinski definition) is 3. The zero-order valence-electron chi connectivity index (χ0n) is 28.2. The molecule has 0 saturated carbocycles. The van der Waals surface area contributed by atoms with Gasteiger partial charge in [0.1, 0.15) is 16.6 Å². The molecule has 1 spiro atoms. The molecule has 1 saturated heterocycles. The fraction of sp³-hybridized carbons (Fsp3) is 0.289. The van der Waals surface area contributed by atoms with E-state index >= 15 is 4.39 Å². The highest BCUT2D eigenvalue weighted by Gasteiger charge is 2.49. The third-order valence-corrected chi connectivity index (χ3v) is 12.0. The third kappa shape index (κ3) is 6.51. The van der Waals surface area contributed by atoms with Crippen molar-refractivity contribution in [2.75, 3.05) is 41.7 Å². The van der Waals surface area contributed by atoms with E-state index in [2.05, 4.69) is 41.3 Å². The lowest BCUT2D eigenvalue weighted by Gasteiger charge is -2.42. The number of nitrogens with one attached hydrogen (secondary N) is 2. The Hall–Kier alpha value is -4.00. The second-order valence-corrected chi connectivity index (χ2v) is 17.5. The van der Waals surface area contributed by atoms with Gasteiger partial charge in [0.05, 0.1) is 43.1 Å². The number of piperidine rings is 1. The molecule has 0 radical (unpaired) electrons. The number of phenolic OH excluding ortho intramolecular Hbond substituents is 1. The number of carbonyl (C=O) groups is 1. The maximum atomic E-state index is 16.4. The van der Waals surface area contributed by atoms with Gasteiger partial charge in [0.15, 0.2) is 5.13 Å². The molecule has 4 aromatic carbocycles. The van der Waals surface area contributed by atoms with E-state index in [1.54, 1.807) is 12.1 Å². The highest BCUT2D eigenvalue weighted by atomic mass is 35.5. The largest absolute Gasteiger partial charge is 0.506 e. The highest BCUT2D eigenvalue weighted by Crippen LogP contribution is 2.58. The van der Waals surface area contributed by atoms with Crippen molar-refractivity contribution in [1.82, 2.24) is 14.9 Å². The van der Waals surface area contributed by atoms with Crippen LogP contribution in [-0.4, -0.2) is 52.2 Å². The standard InChI is InChI=1S/C38H35Cl2FN6O2S2/c1-37(2,3)19-46-14-12-38(13-15-46)20-47(33-28(48)18-23(41)31(32(33)38)34-42-26-16-21(39)9-11-29(26)50-34)27-7-5-4-6-24(27)43-35(49)45-36-44-25-10-8-22(40)17-30(25)51-36/h4-11,16-18,48H,12-15,19-20H2,1-3H3,(H2,43,44,45,49). The number of rotatable bonds is 5. The number of thiazole rings is 2. The van der Waals surface area contributed by atoms with Gasteiger partial charge < -0.3 is 20.2 Å². The van der Waals surface area contributed by atoms with Crippen LogP contribution in [0.1, 0.15) is 39.2 Å². The Morgan fingerprint density at radius 2 is 1.69 bits per heavy atom. The number of likely N-dealkylation sites (tertiary alicyclic amines) is 1. The maximum Gasteiger partial charge on any atom is 0.325 e. The molecule has 2 aliphatic heterocycles. The third-order valence-electron chi connectivity index (χ3n) is 9.58. The van der Waals surface area contributed by atoms with Crippen LogP contribution in [0.25, 0.3) is 31.0 Å². The Morgan fingerprint density at radius 1 is 0.941 bits per heavy atom. The molecule has 4 heterocycles. The summed E-state index contributed by atoms with van der Waals surface area (Å²) in [6, 6.07) is 19.1. The zero-order valence-corrected chi connectivity index (χ0v) is 31.3. The van der Waals surface area contributed by atoms with Crippen molar-refractivity contribution in [3.8, 4) is 16.3 Å². The lowest BCUT2D eigenvalue weighted by molar-refractivity contribution is 0.125. The summed E-state index contributed by atoms with van der Waals surface area (Å²) in [7, 11) is 0. The van der Waals surface area contributed by atoms with Crippen LogP contribution < -0.4 is 15.5 Å². The molecule has 2 aliphatic rings. The summed E-state index contributed by atoms with van der Waals surface area (Å²) in [5.74, 6) is -0.672. The SMILES string of the molecule is CC(C)(C)CN1CCC2(CC1)CN(c1ccccc1NC(=O)Nc1nc3ccc(Cl)cc3s1)c1c(O)cc(F)c(-c3nc4cc(Cl)ccc4s3)c12. The maximum absolute atomic E-state index is 16.4. The first-order valence-corrected chi connectivity index (χ1v) is 19.1. The Bertz CT molecular complexity index is 2330. The number of halogens is 3. The Kier molecular flexibility index (Phi) is 8.62. The van der Waals surface area contributed by atoms with Crippen molar-refractivity contribution < 1.29 is 14.3 Å². The van der Waals surface area contributed by atoms with Crippen molar-refractivity contribution in [1.29, 1.82) is 0 Å². The second kappa shape index (κ2) is 12.9. The van der Waals surface area contributed by atoms with Gasteiger partial charge in [0.25, 0.3) is 0 Å². The predicted molar refractivity (Wildman–Crippen MR) is 209 cm³/mol. The molecule has 2 amide bonds. The van der Waals surface area contributed by atoms with Crippen LogP contribution in [0.15, 0.2) is 66.7 Å². The molecular weight excluding hydrogens is 726 g/mol. The quantitative estimate of drug-likeness (QED) is 0.162. The summed E-state index contributed by atoms with van der Waals surface area (Å²) >= 11 is 15.2. The summed E-state index contributed by atoms with van der Waals surface area (Å²) < 4.78 is 18.2. The number of fused-ring (bicyclic) bond motifs is 4. The average molecular weight is 762 g/mol. The molecule has 51 heavy (non-hydrogen) atoms. The van der Waals surface area contributed by atoms with Crippen LogP contribution in [-0.2, 0) is 5.41 Å². The van der Waals surface area contributed by atoms with Crippen molar-refractivity contribution in [3.05, 3.63) is 88.2 Å². The number of carbonyl (C=O) groups excluding carboxylic acids is 1. The van der Waals surface area contributed by atoms with Crippen LogP contribution >= 0.6 is 45.9 Å². The van der Waals surface area contributed by atoms with Gasteiger partial charge in [-0.3, -0.25) is 5.32 Å². The first-order valence-electron chi connectivity index (χ1n) is 16.7. The van der Waals surface area contributed by atoms with Gasteiger partial charge in [-0.05, 0) is 79.9 Å². The van der Waals surface area contributed by atoms with Gasteiger partial charge in [-0.15, -0.1) is 11.3 Å². The number of urea groups is 1. The molecule has 2 aromatic heterocycles. The van der Waals surface area contributed by atoms with E-state index in [-0.39, 0.29) is 11.2 Å². The Labute approximate surface area is 312 Å². The van der Waals surface area contributed by atoms with E-state index in [4.69, 9.17) is 28.2 Å². The minimum atomic E-state index is -0.516. The number of nitrogens with zero attached hydrogens (tertiary/aromatic N) is 4. The van der Waals surface area contributed by atoms with Gasteiger partial charge in [-0.2, -0.15) is 0 Å². The highest BCUT2D eigenvalue weighted by molar-refractivity contribution is 7.22. The first-order chi connectivity index (χ1) is 24.4. The summed E-state index contributed by atoms with van der Waals surface area (Å²) in [5, 5.41) is 19.6. The molecule has 1 fully saturated rings. The zero-order chi connectivity index (χ0) is 35.7. The molecule has 13 heteroatoms. The molecule has 8 rings (SSSR count). The summed E-state index contributed by atoms with van der Waals surface area (Å²) in [5.41, 5.74) is 3.99. The van der Waals surface area contributed by atoms with E-state index in [1.807, 2.05) is 53.4 Å². The van der Waals surface area contributed by atoms with Crippen LogP contribution in [0, 0.1) is 11.2 Å². The smallest absolute Gasteiger partial charge is 0.325 e. The fourth-order valence-electron chi connectivity index (χ4n) is 7.53. The second-order valence-electron chi connectivity index (χ2n) is 14.5. The minimum absolute atomic E-state index is 0.130. The fourth-order valence-corrected chi connectivity index (χ4v) is 9.84. The average Bonchev–Trinajstić information content (AvgIpc) is 3.75. The number of para-hydroxylation sites is 2. The number of anilines is 4. The monoisotopic (exact) mass is 760 g/mol. The van der Waals surface area contributed by atoms with Crippen molar-refractivity contribution >= 4 is 94.5 Å². The van der Waals surface area contributed by atoms with E-state index in [0.717, 1.165) is 53.0 Å². The number of aromatic hydroxyl groups is 1. The van der Waals surface area contributed by atoms with E-state index in [9.17, 15) is 9.90 Å². The summed E-state index contributed by atoms with van der Waals surface area (Å²) in [6.07, 6.45) is 1.52. The van der Waals surface area contributed by atoms with Crippen LogP contribution in [0.3, 0.4) is 0 Å². The Morgan fingerprint density at radius 3 is 2.47 bits per heavy atom. The van der Waals surface area contributed by atoms with Gasteiger partial charge in [-0.1, -0.05) is 67.4 Å². The molecule has 8 nitrogen and oxygen atoms in total. The van der Waals surface area contributed by atoms with Crippen LogP contribution in [0.4, 0.5) is 31.4 Å². The van der Waals surface area contributed by atoms with Gasteiger partial charge in [0.2, 0.25) is 0 Å². The number of benzene rings is 4. The lowest BCUT2D eigenvalue weighted by atomic mass is 9.72. The molecule has 0 unspecified atom stereocenters. The van der Waals surface area contributed by atoms with Crippen LogP contribution in [0.5, 0.6) is 5.75 Å². The Balaban J connectivity index is 1.20. The van der Waals surface area contributed by atoms with Gasteiger partial charge in [0, 0.05) is 40.2 Å². The first kappa shape index (κ1) is 34.1. The molecule has 3 N–H and O–H groups in total. The molecule has 0 aliphatic carbocycles. The van der Waals surface area contributed by atoms with E-state index in [1.165, 1.54) is 28.7 Å². The molecule has 0 atom stereocenters. The van der Waals surface area contributed by atoms with Crippen LogP contribution in [0.2, 0.25) is 10.0 Å². The number of phenols is 1. The number of aromatic nitrogens is 2. The topological polar surface area (TPSA) is 93.6 Å². The molecule has 6 aromatic rings. The number of amides is 2. The van der Waals surface area contributed by atoms with Crippen molar-refractivity contribution in [2.24, 2.45) is 5.41 Å². The van der Waals surface area contributed by atoms with Gasteiger partial charge >= 0.3 is 6.03 Å². The minimum Gasteiger partial charge on any atom is -0.506 e. The van der Waals surface area contributed by atoms with E-state index in [0.29, 0.717) is 54.9 Å². The predicted octanol–water partition coefficient (Wildman–Crippen LogP) is 10.9. The molecule has 262 valence electrons. The van der Waals surface area contributed by atoms with Crippen molar-refractivity contribution in [3.63, 3.8) is 0 Å². The lowest BCUT2D eigenvalue weighted by Crippen LogP contribution is -2.47. The van der Waals surface area contributed by atoms with Gasteiger partial charge in [-0.25, -0.2) is 19.2 Å². The number of hydrogen-bond acceptors (Lipinski definition) is 8.